The highest BCUT2D eigenvalue weighted by molar-refractivity contribution is 7.15. The molecule has 2 aromatic heterocycles. The van der Waals surface area contributed by atoms with Crippen molar-refractivity contribution in [1.29, 1.82) is 0 Å². The van der Waals surface area contributed by atoms with Crippen LogP contribution < -0.4 is 4.90 Å². The Morgan fingerprint density at radius 2 is 2.24 bits per heavy atom. The average molecular weight is 249 g/mol. The molecule has 1 N–H and O–H groups in total. The normalized spacial score (nSPS) is 10.5. The van der Waals surface area contributed by atoms with E-state index in [2.05, 4.69) is 9.97 Å². The van der Waals surface area contributed by atoms with Gasteiger partial charge in [0.15, 0.2) is 5.13 Å². The highest BCUT2D eigenvalue weighted by Crippen LogP contribution is 2.25. The van der Waals surface area contributed by atoms with Crippen molar-refractivity contribution < 1.29 is 5.11 Å². The summed E-state index contributed by atoms with van der Waals surface area (Å²) in [5.74, 6) is 0. The Morgan fingerprint density at radius 1 is 1.41 bits per heavy atom. The molecule has 17 heavy (non-hydrogen) atoms. The van der Waals surface area contributed by atoms with Crippen LogP contribution in [0, 0.1) is 6.92 Å². The first-order valence-corrected chi connectivity index (χ1v) is 6.20. The number of aliphatic hydroxyl groups excluding tert-OH is 1. The van der Waals surface area contributed by atoms with Gasteiger partial charge in [0.05, 0.1) is 29.4 Å². The Balaban J connectivity index is 2.12. The minimum absolute atomic E-state index is 0.0565. The van der Waals surface area contributed by atoms with E-state index in [1.807, 2.05) is 37.1 Å². The van der Waals surface area contributed by atoms with Gasteiger partial charge < -0.3 is 10.0 Å². The number of hydrogen-bond acceptors (Lipinski definition) is 5. The van der Waals surface area contributed by atoms with Gasteiger partial charge in [0.25, 0.3) is 0 Å². The minimum atomic E-state index is 0.0565. The van der Waals surface area contributed by atoms with Gasteiger partial charge in [-0.05, 0) is 19.1 Å². The van der Waals surface area contributed by atoms with E-state index in [1.54, 1.807) is 6.20 Å². The molecule has 0 amide bonds. The molecule has 2 heterocycles. The van der Waals surface area contributed by atoms with Crippen LogP contribution in [0.3, 0.4) is 0 Å². The number of anilines is 1. The molecular formula is C12H15N3OS. The molecule has 90 valence electrons. The molecule has 2 aromatic rings. The monoisotopic (exact) mass is 249 g/mol. The Morgan fingerprint density at radius 3 is 2.82 bits per heavy atom. The number of thiazole rings is 1. The van der Waals surface area contributed by atoms with Crippen molar-refractivity contribution in [3.8, 4) is 0 Å². The maximum Gasteiger partial charge on any atom is 0.185 e. The van der Waals surface area contributed by atoms with Gasteiger partial charge in [-0.25, -0.2) is 4.98 Å². The van der Waals surface area contributed by atoms with Crippen LogP contribution in [0.2, 0.25) is 0 Å². The van der Waals surface area contributed by atoms with Crippen molar-refractivity contribution in [3.63, 3.8) is 0 Å². The Labute approximate surface area is 105 Å². The lowest BCUT2D eigenvalue weighted by Crippen LogP contribution is -2.16. The van der Waals surface area contributed by atoms with Crippen LogP contribution >= 0.6 is 11.3 Å². The van der Waals surface area contributed by atoms with E-state index in [4.69, 9.17) is 5.11 Å². The summed E-state index contributed by atoms with van der Waals surface area (Å²) in [7, 11) is 1.98. The second kappa shape index (κ2) is 5.25. The van der Waals surface area contributed by atoms with Crippen LogP contribution in [0.5, 0.6) is 0 Å². The summed E-state index contributed by atoms with van der Waals surface area (Å²) in [6.45, 7) is 2.69. The number of aromatic nitrogens is 2. The first-order valence-electron chi connectivity index (χ1n) is 5.39. The Hall–Kier alpha value is -1.46. The van der Waals surface area contributed by atoms with E-state index in [0.29, 0.717) is 0 Å². The summed E-state index contributed by atoms with van der Waals surface area (Å²) in [6, 6.07) is 5.87. The van der Waals surface area contributed by atoms with Crippen LogP contribution in [0.1, 0.15) is 16.3 Å². The quantitative estimate of drug-likeness (QED) is 0.900. The molecular weight excluding hydrogens is 234 g/mol. The lowest BCUT2D eigenvalue weighted by atomic mass is 10.3. The summed E-state index contributed by atoms with van der Waals surface area (Å²) < 4.78 is 0. The van der Waals surface area contributed by atoms with Gasteiger partial charge in [-0.15, -0.1) is 0 Å². The van der Waals surface area contributed by atoms with Gasteiger partial charge in [0.1, 0.15) is 0 Å². The number of rotatable bonds is 4. The minimum Gasteiger partial charge on any atom is -0.391 e. The zero-order valence-electron chi connectivity index (χ0n) is 9.92. The van der Waals surface area contributed by atoms with Crippen molar-refractivity contribution in [3.05, 3.63) is 40.7 Å². The summed E-state index contributed by atoms with van der Waals surface area (Å²) >= 11 is 1.52. The molecule has 5 heteroatoms. The highest BCUT2D eigenvalue weighted by Gasteiger charge is 2.11. The first kappa shape index (κ1) is 12.0. The van der Waals surface area contributed by atoms with Crippen LogP contribution in [0.25, 0.3) is 0 Å². The molecule has 0 aliphatic carbocycles. The summed E-state index contributed by atoms with van der Waals surface area (Å²) in [5.41, 5.74) is 1.91. The van der Waals surface area contributed by atoms with Crippen molar-refractivity contribution in [1.82, 2.24) is 9.97 Å². The maximum atomic E-state index is 9.14. The van der Waals surface area contributed by atoms with Crippen molar-refractivity contribution >= 4 is 16.5 Å². The van der Waals surface area contributed by atoms with Crippen LogP contribution in [0.4, 0.5) is 5.13 Å². The SMILES string of the molecule is Cc1nc(N(C)Cc2ccccn2)sc1CO. The fourth-order valence-corrected chi connectivity index (χ4v) is 2.41. The molecule has 4 nitrogen and oxygen atoms in total. The molecule has 0 saturated carbocycles. The van der Waals surface area contributed by atoms with E-state index >= 15 is 0 Å². The number of aliphatic hydroxyl groups is 1. The van der Waals surface area contributed by atoms with E-state index in [9.17, 15) is 0 Å². The van der Waals surface area contributed by atoms with E-state index in [-0.39, 0.29) is 6.61 Å². The lowest BCUT2D eigenvalue weighted by molar-refractivity contribution is 0.284. The van der Waals surface area contributed by atoms with Crippen molar-refractivity contribution in [2.45, 2.75) is 20.1 Å². The smallest absolute Gasteiger partial charge is 0.185 e. The fraction of sp³-hybridized carbons (Fsp3) is 0.333. The highest BCUT2D eigenvalue weighted by atomic mass is 32.1. The third-order valence-electron chi connectivity index (χ3n) is 2.48. The number of aryl methyl sites for hydroxylation is 1. The largest absolute Gasteiger partial charge is 0.391 e. The second-order valence-electron chi connectivity index (χ2n) is 3.84. The van der Waals surface area contributed by atoms with Crippen LogP contribution in [-0.4, -0.2) is 22.1 Å². The molecule has 0 fully saturated rings. The third-order valence-corrected chi connectivity index (χ3v) is 3.73. The van der Waals surface area contributed by atoms with Gasteiger partial charge in [-0.2, -0.15) is 0 Å². The Bertz CT molecular complexity index is 484. The number of pyridine rings is 1. The predicted molar refractivity (Wildman–Crippen MR) is 69.1 cm³/mol. The van der Waals surface area contributed by atoms with E-state index < -0.39 is 0 Å². The molecule has 0 unspecified atom stereocenters. The van der Waals surface area contributed by atoms with Crippen molar-refractivity contribution in [2.75, 3.05) is 11.9 Å². The fourth-order valence-electron chi connectivity index (χ4n) is 1.52. The van der Waals surface area contributed by atoms with Gasteiger partial charge in [-0.3, -0.25) is 4.98 Å². The zero-order chi connectivity index (χ0) is 12.3. The van der Waals surface area contributed by atoms with Gasteiger partial charge in [0, 0.05) is 13.2 Å². The molecule has 0 aliphatic heterocycles. The summed E-state index contributed by atoms with van der Waals surface area (Å²) in [4.78, 5) is 11.7. The molecule has 0 atom stereocenters. The standard InChI is InChI=1S/C12H15N3OS/c1-9-11(8-16)17-12(14-9)15(2)7-10-5-3-4-6-13-10/h3-6,16H,7-8H2,1-2H3. The van der Waals surface area contributed by atoms with E-state index in [0.717, 1.165) is 27.9 Å². The molecule has 0 aliphatic rings. The maximum absolute atomic E-state index is 9.14. The molecule has 0 bridgehead atoms. The molecule has 0 spiro atoms. The Kier molecular flexibility index (Phi) is 3.71. The van der Waals surface area contributed by atoms with Crippen molar-refractivity contribution in [2.24, 2.45) is 0 Å². The van der Waals surface area contributed by atoms with Gasteiger partial charge in [0.2, 0.25) is 0 Å². The third kappa shape index (κ3) is 2.81. The van der Waals surface area contributed by atoms with Crippen LogP contribution in [-0.2, 0) is 13.2 Å². The first-order chi connectivity index (χ1) is 8.20. The molecule has 2 rings (SSSR count). The summed E-state index contributed by atoms with van der Waals surface area (Å²) in [5, 5.41) is 10.1. The van der Waals surface area contributed by atoms with Crippen LogP contribution in [0.15, 0.2) is 24.4 Å². The molecule has 0 saturated heterocycles. The van der Waals surface area contributed by atoms with Gasteiger partial charge in [-0.1, -0.05) is 17.4 Å². The molecule has 0 aromatic carbocycles. The topological polar surface area (TPSA) is 49.2 Å². The average Bonchev–Trinajstić information content (AvgIpc) is 2.72. The number of nitrogens with zero attached hydrogens (tertiary/aromatic N) is 3. The molecule has 0 radical (unpaired) electrons. The zero-order valence-corrected chi connectivity index (χ0v) is 10.7. The van der Waals surface area contributed by atoms with Gasteiger partial charge >= 0.3 is 0 Å². The van der Waals surface area contributed by atoms with E-state index in [1.165, 1.54) is 11.3 Å². The summed E-state index contributed by atoms with van der Waals surface area (Å²) in [6.07, 6.45) is 1.79. The predicted octanol–water partition coefficient (Wildman–Crippen LogP) is 1.98. The number of hydrogen-bond donors (Lipinski definition) is 1. The second-order valence-corrected chi connectivity index (χ2v) is 4.90. The lowest BCUT2D eigenvalue weighted by Gasteiger charge is -2.14.